The molecular weight excluding hydrogens is 417 g/mol. The minimum atomic E-state index is -2.72. The monoisotopic (exact) mass is 429 g/mol. The van der Waals surface area contributed by atoms with Crippen LogP contribution in [0.5, 0.6) is 0 Å². The number of carbonyl (C=O) groups is 2. The van der Waals surface area contributed by atoms with E-state index in [1.807, 2.05) is 0 Å². The summed E-state index contributed by atoms with van der Waals surface area (Å²) in [5.41, 5.74) is 10.3. The fraction of sp³-hybridized carbons (Fsp3) is 0. The number of carboxylic acids is 1. The molecule has 1 aromatic heterocycles. The fourth-order valence-electron chi connectivity index (χ4n) is 1.85. The van der Waals surface area contributed by atoms with Crippen molar-refractivity contribution < 1.29 is 27.8 Å². The molecule has 148 valence electrons. The molecule has 0 radical (unpaired) electrons. The van der Waals surface area contributed by atoms with Crippen molar-refractivity contribution in [1.82, 2.24) is 4.98 Å². The van der Waals surface area contributed by atoms with Gasteiger partial charge in [0.2, 0.25) is 5.96 Å². The summed E-state index contributed by atoms with van der Waals surface area (Å²) in [5, 5.41) is 17.6. The van der Waals surface area contributed by atoms with Gasteiger partial charge in [-0.3, -0.25) is 9.35 Å². The standard InChI is InChI=1S/C13H12FN7O5S2/c14-7-3-6(1-2-8(7)19-9(22)4-18-20-13(15)16)21(28(25)26)11-10(12(23)24)17-5-27-11/h1-5H,(H,19,22)(H,23,24)(H,25,26)(H4,15,16,20)/b18-4+. The van der Waals surface area contributed by atoms with Gasteiger partial charge in [0.15, 0.2) is 5.69 Å². The lowest BCUT2D eigenvalue weighted by molar-refractivity contribution is -0.110. The summed E-state index contributed by atoms with van der Waals surface area (Å²) in [7, 11) is 0. The van der Waals surface area contributed by atoms with Gasteiger partial charge in [0, 0.05) is 6.07 Å². The Hall–Kier alpha value is -3.43. The zero-order chi connectivity index (χ0) is 20.8. The molecule has 1 heterocycles. The summed E-state index contributed by atoms with van der Waals surface area (Å²) in [5.74, 6) is -3.59. The number of hydrogen-bond donors (Lipinski definition) is 5. The first-order valence-corrected chi connectivity index (χ1v) is 8.95. The molecule has 0 spiro atoms. The quantitative estimate of drug-likeness (QED) is 0.181. The maximum absolute atomic E-state index is 14.3. The SMILES string of the molecule is NC(N)=N/N=C/C(=O)Nc1ccc(N(c2scnc2C(=O)O)S(=O)O)cc1F. The van der Waals surface area contributed by atoms with E-state index in [1.54, 1.807) is 0 Å². The van der Waals surface area contributed by atoms with E-state index in [9.17, 15) is 22.7 Å². The van der Waals surface area contributed by atoms with E-state index in [1.165, 1.54) is 11.6 Å². The number of anilines is 3. The van der Waals surface area contributed by atoms with Crippen molar-refractivity contribution in [3.63, 3.8) is 0 Å². The number of aromatic nitrogens is 1. The van der Waals surface area contributed by atoms with Crippen molar-refractivity contribution in [2.24, 2.45) is 21.7 Å². The molecule has 28 heavy (non-hydrogen) atoms. The van der Waals surface area contributed by atoms with E-state index in [4.69, 9.17) is 16.6 Å². The summed E-state index contributed by atoms with van der Waals surface area (Å²) >= 11 is -1.94. The summed E-state index contributed by atoms with van der Waals surface area (Å²) in [6.45, 7) is 0. The van der Waals surface area contributed by atoms with Crippen molar-refractivity contribution in [2.75, 3.05) is 9.62 Å². The van der Waals surface area contributed by atoms with Crippen LogP contribution in [0.2, 0.25) is 0 Å². The van der Waals surface area contributed by atoms with Gasteiger partial charge >= 0.3 is 5.97 Å². The van der Waals surface area contributed by atoms with E-state index >= 15 is 0 Å². The number of thiazole rings is 1. The molecule has 1 amide bonds. The number of aromatic carboxylic acids is 1. The normalized spacial score (nSPS) is 11.8. The molecule has 1 unspecified atom stereocenters. The van der Waals surface area contributed by atoms with Crippen LogP contribution in [0.3, 0.4) is 0 Å². The number of nitrogens with one attached hydrogen (secondary N) is 1. The largest absolute Gasteiger partial charge is 0.476 e. The highest BCUT2D eigenvalue weighted by atomic mass is 32.2. The molecule has 2 rings (SSSR count). The molecule has 0 fully saturated rings. The second kappa shape index (κ2) is 8.98. The Bertz CT molecular complexity index is 989. The molecule has 1 aromatic carbocycles. The van der Waals surface area contributed by atoms with Crippen molar-refractivity contribution in [2.45, 2.75) is 0 Å². The second-order valence-corrected chi connectivity index (χ2v) is 6.42. The zero-order valence-corrected chi connectivity index (χ0v) is 15.3. The number of carboxylic acid groups (broad SMARTS) is 1. The summed E-state index contributed by atoms with van der Waals surface area (Å²) in [6.07, 6.45) is 0.707. The van der Waals surface area contributed by atoms with Gasteiger partial charge in [-0.05, 0) is 12.1 Å². The predicted octanol–water partition coefficient (Wildman–Crippen LogP) is 0.453. The van der Waals surface area contributed by atoms with Crippen molar-refractivity contribution in [3.05, 3.63) is 35.2 Å². The maximum Gasteiger partial charge on any atom is 0.357 e. The molecule has 0 aliphatic heterocycles. The van der Waals surface area contributed by atoms with Gasteiger partial charge in [-0.15, -0.1) is 21.5 Å². The first kappa shape index (κ1) is 20.9. The van der Waals surface area contributed by atoms with Crippen LogP contribution in [0.15, 0.2) is 33.9 Å². The van der Waals surface area contributed by atoms with Crippen molar-refractivity contribution >= 4 is 63.0 Å². The minimum Gasteiger partial charge on any atom is -0.476 e. The van der Waals surface area contributed by atoms with Crippen LogP contribution >= 0.6 is 11.3 Å². The lowest BCUT2D eigenvalue weighted by Gasteiger charge is -2.19. The van der Waals surface area contributed by atoms with Gasteiger partial charge in [0.05, 0.1) is 16.9 Å². The average molecular weight is 429 g/mol. The Labute approximate surface area is 162 Å². The van der Waals surface area contributed by atoms with Crippen LogP contribution in [0.4, 0.5) is 20.8 Å². The molecular formula is C13H12FN7O5S2. The number of guanidine groups is 1. The first-order valence-electron chi connectivity index (χ1n) is 7.01. The Morgan fingerprint density at radius 2 is 2.11 bits per heavy atom. The number of carbonyl (C=O) groups excluding carboxylic acids is 1. The molecule has 1 atom stereocenters. The van der Waals surface area contributed by atoms with Crippen LogP contribution in [-0.2, 0) is 16.1 Å². The molecule has 7 N–H and O–H groups in total. The topological polar surface area (TPSA) is 197 Å². The van der Waals surface area contributed by atoms with Gasteiger partial charge in [0.1, 0.15) is 17.0 Å². The number of nitrogens with two attached hydrogens (primary N) is 2. The summed E-state index contributed by atoms with van der Waals surface area (Å²) in [6, 6.07) is 3.14. The molecule has 12 nitrogen and oxygen atoms in total. The Kier molecular flexibility index (Phi) is 6.69. The second-order valence-electron chi connectivity index (χ2n) is 4.76. The smallest absolute Gasteiger partial charge is 0.357 e. The summed E-state index contributed by atoms with van der Waals surface area (Å²) in [4.78, 5) is 26.4. The third-order valence-corrected chi connectivity index (χ3v) is 4.52. The van der Waals surface area contributed by atoms with Crippen molar-refractivity contribution in [1.29, 1.82) is 0 Å². The van der Waals surface area contributed by atoms with Crippen LogP contribution in [0.25, 0.3) is 0 Å². The number of amides is 1. The van der Waals surface area contributed by atoms with Crippen LogP contribution < -0.4 is 21.1 Å². The van der Waals surface area contributed by atoms with E-state index in [0.29, 0.717) is 10.5 Å². The fourth-order valence-corrected chi connectivity index (χ4v) is 3.41. The number of halogens is 1. The number of nitrogens with zero attached hydrogens (tertiary/aromatic N) is 4. The molecule has 0 bridgehead atoms. The number of benzene rings is 1. The lowest BCUT2D eigenvalue weighted by atomic mass is 10.2. The predicted molar refractivity (Wildman–Crippen MR) is 101 cm³/mol. The van der Waals surface area contributed by atoms with Gasteiger partial charge in [-0.1, -0.05) is 0 Å². The summed E-state index contributed by atoms with van der Waals surface area (Å²) < 4.78 is 36.2. The van der Waals surface area contributed by atoms with Gasteiger partial charge in [0.25, 0.3) is 17.2 Å². The highest BCUT2D eigenvalue weighted by Crippen LogP contribution is 2.34. The van der Waals surface area contributed by atoms with E-state index in [2.05, 4.69) is 20.5 Å². The van der Waals surface area contributed by atoms with Crippen LogP contribution in [-0.4, -0.2) is 42.9 Å². The molecule has 15 heteroatoms. The van der Waals surface area contributed by atoms with Gasteiger partial charge < -0.3 is 21.9 Å². The first-order chi connectivity index (χ1) is 13.2. The molecule has 0 aliphatic carbocycles. The van der Waals surface area contributed by atoms with Gasteiger partial charge in [-0.25, -0.2) is 22.7 Å². The molecule has 0 saturated heterocycles. The van der Waals surface area contributed by atoms with Crippen LogP contribution in [0.1, 0.15) is 10.5 Å². The number of hydrogen-bond acceptors (Lipinski definition) is 7. The van der Waals surface area contributed by atoms with Gasteiger partial charge in [-0.2, -0.15) is 0 Å². The molecule has 0 saturated carbocycles. The Morgan fingerprint density at radius 3 is 2.68 bits per heavy atom. The van der Waals surface area contributed by atoms with E-state index in [-0.39, 0.29) is 22.3 Å². The Balaban J connectivity index is 2.30. The highest BCUT2D eigenvalue weighted by Gasteiger charge is 2.25. The zero-order valence-electron chi connectivity index (χ0n) is 13.6. The third kappa shape index (κ3) is 5.06. The molecule has 2 aromatic rings. The highest BCUT2D eigenvalue weighted by molar-refractivity contribution is 7.81. The maximum atomic E-state index is 14.3. The lowest BCUT2D eigenvalue weighted by Crippen LogP contribution is -2.22. The average Bonchev–Trinajstić information content (AvgIpc) is 3.06. The third-order valence-electron chi connectivity index (χ3n) is 2.89. The number of rotatable bonds is 7. The Morgan fingerprint density at radius 1 is 1.39 bits per heavy atom. The van der Waals surface area contributed by atoms with E-state index < -0.39 is 34.7 Å². The minimum absolute atomic E-state index is 0.141. The van der Waals surface area contributed by atoms with E-state index in [0.717, 1.165) is 23.5 Å². The molecule has 0 aliphatic rings. The van der Waals surface area contributed by atoms with Crippen molar-refractivity contribution in [3.8, 4) is 0 Å². The van der Waals surface area contributed by atoms with Crippen LogP contribution in [0, 0.1) is 5.82 Å².